The van der Waals surface area contributed by atoms with Gasteiger partial charge in [0, 0.05) is 0 Å². The Kier molecular flexibility index (Phi) is 5.65. The van der Waals surface area contributed by atoms with Crippen LogP contribution >= 0.6 is 0 Å². The highest BCUT2D eigenvalue weighted by Gasteiger charge is 2.31. The second kappa shape index (κ2) is 8.93. The number of carbonyl (C=O) groups is 2. The van der Waals surface area contributed by atoms with Crippen LogP contribution in [0.2, 0.25) is 0 Å². The lowest BCUT2D eigenvalue weighted by molar-refractivity contribution is -0.143. The van der Waals surface area contributed by atoms with E-state index in [2.05, 4.69) is 15.6 Å². The molecule has 0 fully saturated rings. The molecule has 0 bridgehead atoms. The predicted octanol–water partition coefficient (Wildman–Crippen LogP) is 0.224. The molecule has 1 unspecified atom stereocenters. The first-order valence-electron chi connectivity index (χ1n) is 11.0. The van der Waals surface area contributed by atoms with Crippen molar-refractivity contribution in [1.29, 1.82) is 0 Å². The van der Waals surface area contributed by atoms with Gasteiger partial charge in [-0.2, -0.15) is 4.68 Å². The molecule has 2 aromatic heterocycles. The van der Waals surface area contributed by atoms with Gasteiger partial charge in [0.05, 0.1) is 25.8 Å². The third-order valence-corrected chi connectivity index (χ3v) is 5.58. The lowest BCUT2D eigenvalue weighted by Gasteiger charge is -2.17. The smallest absolute Gasteiger partial charge is 0.308 e. The Hall–Kier alpha value is -4.67. The molecule has 1 atom stereocenters. The Morgan fingerprint density at radius 1 is 1.11 bits per heavy atom. The first-order chi connectivity index (χ1) is 17.0. The highest BCUT2D eigenvalue weighted by molar-refractivity contribution is 5.88. The van der Waals surface area contributed by atoms with Crippen molar-refractivity contribution < 1.29 is 19.1 Å². The SMILES string of the molecule is CCOC(=O)CC1NN=c2n(nc3n(-c4ccccc4)c(=O)/c(=C\c4ccc(OC)cc4)n23)C1=O. The fourth-order valence-corrected chi connectivity index (χ4v) is 3.92. The van der Waals surface area contributed by atoms with E-state index in [1.165, 1.54) is 8.97 Å². The molecule has 35 heavy (non-hydrogen) atoms. The Morgan fingerprint density at radius 2 is 1.86 bits per heavy atom. The van der Waals surface area contributed by atoms with E-state index < -0.39 is 17.9 Å². The Balaban J connectivity index is 1.73. The summed E-state index contributed by atoms with van der Waals surface area (Å²) >= 11 is 0. The van der Waals surface area contributed by atoms with Gasteiger partial charge < -0.3 is 9.47 Å². The van der Waals surface area contributed by atoms with Crippen molar-refractivity contribution >= 4 is 23.7 Å². The number of ether oxygens (including phenoxy) is 2. The quantitative estimate of drug-likeness (QED) is 0.397. The third-order valence-electron chi connectivity index (χ3n) is 5.58. The number of carbonyl (C=O) groups excluding carboxylic acids is 2. The molecule has 0 saturated carbocycles. The number of aromatic nitrogens is 4. The number of fused-ring (bicyclic) bond motifs is 3. The number of rotatable bonds is 6. The molecular weight excluding hydrogens is 452 g/mol. The summed E-state index contributed by atoms with van der Waals surface area (Å²) in [6.45, 7) is 1.90. The van der Waals surface area contributed by atoms with Crippen molar-refractivity contribution in [3.05, 3.63) is 81.5 Å². The number of methoxy groups -OCH3 is 1. The highest BCUT2D eigenvalue weighted by atomic mass is 16.5. The van der Waals surface area contributed by atoms with Crippen LogP contribution in [0.3, 0.4) is 0 Å². The molecule has 2 aromatic carbocycles. The zero-order chi connectivity index (χ0) is 24.5. The molecule has 0 amide bonds. The summed E-state index contributed by atoms with van der Waals surface area (Å²) in [4.78, 5) is 38.6. The van der Waals surface area contributed by atoms with E-state index in [1.807, 2.05) is 18.2 Å². The topological polar surface area (TPSA) is 121 Å². The first kappa shape index (κ1) is 22.1. The van der Waals surface area contributed by atoms with E-state index in [0.29, 0.717) is 11.4 Å². The Bertz CT molecular complexity index is 1600. The summed E-state index contributed by atoms with van der Waals surface area (Å²) < 4.78 is 14.2. The second-order valence-electron chi connectivity index (χ2n) is 7.77. The van der Waals surface area contributed by atoms with Crippen LogP contribution in [0.25, 0.3) is 17.5 Å². The summed E-state index contributed by atoms with van der Waals surface area (Å²) in [6.07, 6.45) is 1.50. The zero-order valence-corrected chi connectivity index (χ0v) is 19.0. The summed E-state index contributed by atoms with van der Waals surface area (Å²) in [5.41, 5.74) is 3.85. The number of nitrogens with zero attached hydrogens (tertiary/aromatic N) is 5. The van der Waals surface area contributed by atoms with E-state index in [1.54, 1.807) is 56.5 Å². The summed E-state index contributed by atoms with van der Waals surface area (Å²) in [6, 6.07) is 15.3. The maximum atomic E-state index is 13.6. The average Bonchev–Trinajstić information content (AvgIpc) is 3.37. The third kappa shape index (κ3) is 3.86. The minimum atomic E-state index is -0.933. The van der Waals surface area contributed by atoms with Crippen LogP contribution in [-0.4, -0.2) is 50.4 Å². The molecule has 0 aliphatic carbocycles. The van der Waals surface area contributed by atoms with Gasteiger partial charge in [0.2, 0.25) is 5.78 Å². The van der Waals surface area contributed by atoms with Gasteiger partial charge in [-0.3, -0.25) is 19.8 Å². The molecule has 1 aliphatic rings. The fraction of sp³-hybridized carbons (Fsp3) is 0.208. The molecule has 1 N–H and O–H groups in total. The van der Waals surface area contributed by atoms with E-state index in [-0.39, 0.29) is 35.3 Å². The maximum absolute atomic E-state index is 13.6. The lowest BCUT2D eigenvalue weighted by atomic mass is 10.2. The van der Waals surface area contributed by atoms with Crippen LogP contribution in [0.15, 0.2) is 64.5 Å². The number of para-hydroxylation sites is 1. The normalized spacial score (nSPS) is 15.4. The van der Waals surface area contributed by atoms with Crippen molar-refractivity contribution in [2.75, 3.05) is 13.7 Å². The molecule has 5 rings (SSSR count). The van der Waals surface area contributed by atoms with Crippen LogP contribution in [0, 0.1) is 0 Å². The van der Waals surface area contributed by atoms with Gasteiger partial charge in [0.25, 0.3) is 17.1 Å². The molecule has 11 nitrogen and oxygen atoms in total. The number of hydrogen-bond donors (Lipinski definition) is 1. The van der Waals surface area contributed by atoms with Crippen molar-refractivity contribution in [2.45, 2.75) is 19.4 Å². The molecule has 0 radical (unpaired) electrons. The van der Waals surface area contributed by atoms with Crippen molar-refractivity contribution in [1.82, 2.24) is 24.2 Å². The molecule has 3 heterocycles. The standard InChI is InChI=1S/C24H22N6O5/c1-3-35-20(31)14-18-21(32)30-23(26-25-18)29-19(13-15-9-11-17(34-2)12-10-15)22(33)28(24(29)27-30)16-7-5-4-6-8-16/h4-13,18,25H,3,14H2,1-2H3/b19-13+. The van der Waals surface area contributed by atoms with E-state index in [9.17, 15) is 14.4 Å². The second-order valence-corrected chi connectivity index (χ2v) is 7.77. The lowest BCUT2D eigenvalue weighted by Crippen LogP contribution is -2.51. The molecule has 0 spiro atoms. The van der Waals surface area contributed by atoms with Gasteiger partial charge in [0.1, 0.15) is 17.1 Å². The molecule has 0 saturated heterocycles. The first-order valence-corrected chi connectivity index (χ1v) is 11.0. The highest BCUT2D eigenvalue weighted by Crippen LogP contribution is 2.12. The largest absolute Gasteiger partial charge is 0.497 e. The van der Waals surface area contributed by atoms with Gasteiger partial charge >= 0.3 is 5.97 Å². The van der Waals surface area contributed by atoms with Crippen LogP contribution in [-0.2, 0) is 9.53 Å². The van der Waals surface area contributed by atoms with Gasteiger partial charge in [-0.25, -0.2) is 8.97 Å². The van der Waals surface area contributed by atoms with Crippen LogP contribution in [0.1, 0.15) is 23.7 Å². The minimum Gasteiger partial charge on any atom is -0.497 e. The van der Waals surface area contributed by atoms with Gasteiger partial charge in [0.15, 0.2) is 0 Å². The summed E-state index contributed by atoms with van der Waals surface area (Å²) in [5, 5.41) is 8.99. The maximum Gasteiger partial charge on any atom is 0.308 e. The van der Waals surface area contributed by atoms with Crippen molar-refractivity contribution in [3.8, 4) is 11.4 Å². The Labute approximate surface area is 198 Å². The minimum absolute atomic E-state index is 0.122. The van der Waals surface area contributed by atoms with E-state index in [4.69, 9.17) is 9.47 Å². The predicted molar refractivity (Wildman–Crippen MR) is 125 cm³/mol. The van der Waals surface area contributed by atoms with Gasteiger partial charge in [-0.1, -0.05) is 30.3 Å². The van der Waals surface area contributed by atoms with Gasteiger partial charge in [-0.05, 0) is 42.8 Å². The number of imidazole rings is 1. The zero-order valence-electron chi connectivity index (χ0n) is 19.0. The van der Waals surface area contributed by atoms with Crippen LogP contribution in [0.4, 0.5) is 0 Å². The molecule has 11 heteroatoms. The monoisotopic (exact) mass is 474 g/mol. The Morgan fingerprint density at radius 3 is 2.54 bits per heavy atom. The number of nitrogens with one attached hydrogen (secondary N) is 1. The summed E-state index contributed by atoms with van der Waals surface area (Å²) in [7, 11) is 1.58. The van der Waals surface area contributed by atoms with Crippen molar-refractivity contribution in [2.24, 2.45) is 5.10 Å². The number of hydrogen-bond acceptors (Lipinski definition) is 8. The van der Waals surface area contributed by atoms with Crippen LogP contribution in [0.5, 0.6) is 5.75 Å². The molecular formula is C24H22N6O5. The van der Waals surface area contributed by atoms with Gasteiger partial charge in [-0.15, -0.1) is 10.2 Å². The average molecular weight is 474 g/mol. The number of benzene rings is 2. The summed E-state index contributed by atoms with van der Waals surface area (Å²) in [5.74, 6) is -0.101. The molecule has 4 aromatic rings. The molecule has 1 aliphatic heterocycles. The fourth-order valence-electron chi connectivity index (χ4n) is 3.92. The van der Waals surface area contributed by atoms with E-state index in [0.717, 1.165) is 10.2 Å². The van der Waals surface area contributed by atoms with Crippen LogP contribution < -0.4 is 26.7 Å². The number of esters is 1. The molecule has 178 valence electrons. The van der Waals surface area contributed by atoms with E-state index >= 15 is 0 Å². The van der Waals surface area contributed by atoms with Crippen molar-refractivity contribution in [3.63, 3.8) is 0 Å².